The van der Waals surface area contributed by atoms with Crippen LogP contribution in [0.5, 0.6) is 0 Å². The van der Waals surface area contributed by atoms with Gasteiger partial charge in [-0.15, -0.1) is 22.7 Å². The predicted octanol–water partition coefficient (Wildman–Crippen LogP) is 10.3. The van der Waals surface area contributed by atoms with Crippen molar-refractivity contribution >= 4 is 39.5 Å². The quantitative estimate of drug-likeness (QED) is 0.117. The number of non-ortho nitro benzene ring substituents is 1. The van der Waals surface area contributed by atoms with Crippen molar-refractivity contribution in [2.24, 2.45) is 5.92 Å². The topological polar surface area (TPSA) is 63.4 Å². The van der Waals surface area contributed by atoms with Crippen LogP contribution in [0.1, 0.15) is 45.4 Å². The number of thiophene rings is 2. The fourth-order valence-electron chi connectivity index (χ4n) is 5.92. The van der Waals surface area contributed by atoms with Gasteiger partial charge in [0.15, 0.2) is 0 Å². The third-order valence-corrected chi connectivity index (χ3v) is 10.3. The molecule has 0 saturated carbocycles. The molecule has 0 bridgehead atoms. The summed E-state index contributed by atoms with van der Waals surface area (Å²) >= 11 is 3.58. The van der Waals surface area contributed by atoms with Crippen LogP contribution < -0.4 is 0 Å². The summed E-state index contributed by atoms with van der Waals surface area (Å²) in [6.45, 7) is 8.80. The van der Waals surface area contributed by atoms with E-state index in [1.165, 1.54) is 65.0 Å². The molecule has 5 aromatic rings. The molecule has 2 heterocycles. The van der Waals surface area contributed by atoms with E-state index in [-0.39, 0.29) is 11.6 Å². The summed E-state index contributed by atoms with van der Waals surface area (Å²) in [5, 5.41) is 23.0. The van der Waals surface area contributed by atoms with Crippen LogP contribution in [0.25, 0.3) is 32.0 Å². The molecule has 1 aliphatic carbocycles. The second-order valence-corrected chi connectivity index (χ2v) is 13.3. The Kier molecular flexibility index (Phi) is 7.78. The van der Waals surface area contributed by atoms with Gasteiger partial charge >= 0.3 is 0 Å². The summed E-state index contributed by atoms with van der Waals surface area (Å²) in [5.41, 5.74) is 8.74. The number of nitro groups is 1. The zero-order valence-electron chi connectivity index (χ0n) is 23.5. The second kappa shape index (κ2) is 11.6. The smallest absolute Gasteiger partial charge is 0.269 e. The van der Waals surface area contributed by atoms with Crippen LogP contribution in [0.15, 0.2) is 109 Å². The van der Waals surface area contributed by atoms with Crippen molar-refractivity contribution in [3.8, 4) is 20.9 Å². The average molecular weight is 590 g/mol. The molecular weight excluding hydrogens is 559 g/mol. The molecule has 2 atom stereocenters. The van der Waals surface area contributed by atoms with E-state index in [1.807, 2.05) is 12.1 Å². The first-order valence-corrected chi connectivity index (χ1v) is 15.6. The summed E-state index contributed by atoms with van der Waals surface area (Å²) in [6.07, 6.45) is 0.331. The Labute approximate surface area is 254 Å². The lowest BCUT2D eigenvalue weighted by Gasteiger charge is -2.33. The number of allylic oxidation sites excluding steroid dienone is 2. The fraction of sp³-hybridized carbons (Fsp3) is 0.167. The Morgan fingerprint density at radius 1 is 0.810 bits per heavy atom. The molecule has 2 aromatic heterocycles. The van der Waals surface area contributed by atoms with Crippen LogP contribution in [-0.4, -0.2) is 10.0 Å². The van der Waals surface area contributed by atoms with Gasteiger partial charge in [0.2, 0.25) is 0 Å². The number of aryl methyl sites for hydroxylation is 2. The zero-order chi connectivity index (χ0) is 29.4. The lowest BCUT2D eigenvalue weighted by Crippen LogP contribution is -2.20. The van der Waals surface area contributed by atoms with Crippen molar-refractivity contribution < 1.29 is 10.0 Å². The molecule has 0 radical (unpaired) electrons. The highest BCUT2D eigenvalue weighted by molar-refractivity contribution is 7.16. The van der Waals surface area contributed by atoms with Crippen molar-refractivity contribution in [2.75, 3.05) is 0 Å². The number of aliphatic hydroxyl groups is 1. The van der Waals surface area contributed by atoms with E-state index in [9.17, 15) is 15.2 Å². The van der Waals surface area contributed by atoms with Gasteiger partial charge in [0, 0.05) is 37.6 Å². The molecule has 0 spiro atoms. The third kappa shape index (κ3) is 5.41. The maximum absolute atomic E-state index is 11.6. The van der Waals surface area contributed by atoms with E-state index >= 15 is 0 Å². The van der Waals surface area contributed by atoms with Crippen molar-refractivity contribution in [1.82, 2.24) is 0 Å². The molecular formula is C36H31NO3S2. The predicted molar refractivity (Wildman–Crippen MR) is 176 cm³/mol. The van der Waals surface area contributed by atoms with Crippen LogP contribution in [-0.2, 0) is 0 Å². The lowest BCUT2D eigenvalue weighted by atomic mass is 9.73. The average Bonchev–Trinajstić information content (AvgIpc) is 3.60. The number of hydrogen-bond acceptors (Lipinski definition) is 5. The first-order chi connectivity index (χ1) is 20.3. The number of rotatable bonds is 7. The van der Waals surface area contributed by atoms with Crippen molar-refractivity contribution in [2.45, 2.75) is 32.8 Å². The largest absolute Gasteiger partial charge is 0.388 e. The molecule has 1 N–H and O–H groups in total. The van der Waals surface area contributed by atoms with Crippen molar-refractivity contribution in [3.05, 3.63) is 146 Å². The minimum absolute atomic E-state index is 0.0204. The van der Waals surface area contributed by atoms with Gasteiger partial charge in [-0.25, -0.2) is 0 Å². The highest BCUT2D eigenvalue weighted by Gasteiger charge is 2.33. The third-order valence-electron chi connectivity index (χ3n) is 8.12. The minimum Gasteiger partial charge on any atom is -0.388 e. The standard InChI is InChI=1S/C36H31NO3S2/c1-22-17-32(30-20-34(41-23(30)2)25-11-6-4-7-12-25)33(31-21-35(42-24(31)3)26-13-8-5-9-14-26)19-29(22)36(38)27-15-10-16-28(18-27)37(39)40/h4-16,18,20-21,29,36,38H,1,17,19H2,2-3H3. The highest BCUT2D eigenvalue weighted by Crippen LogP contribution is 2.51. The van der Waals surface area contributed by atoms with Gasteiger partial charge in [-0.3, -0.25) is 10.1 Å². The van der Waals surface area contributed by atoms with E-state index in [0.717, 1.165) is 5.57 Å². The molecule has 42 heavy (non-hydrogen) atoms. The Morgan fingerprint density at radius 3 is 1.90 bits per heavy atom. The SMILES string of the molecule is C=C1CC(c2cc(-c3ccccc3)sc2C)=C(c2cc(-c3ccccc3)sc2C)CC1C(O)c1cccc([N+](=O)[O-])c1. The van der Waals surface area contributed by atoms with E-state index in [2.05, 4.69) is 81.1 Å². The zero-order valence-corrected chi connectivity index (χ0v) is 25.2. The minimum atomic E-state index is -0.898. The van der Waals surface area contributed by atoms with Gasteiger partial charge in [0.25, 0.3) is 5.69 Å². The molecule has 0 amide bonds. The van der Waals surface area contributed by atoms with Crippen LogP contribution in [0.2, 0.25) is 0 Å². The van der Waals surface area contributed by atoms with Crippen LogP contribution >= 0.6 is 22.7 Å². The molecule has 6 heteroatoms. The molecule has 210 valence electrons. The van der Waals surface area contributed by atoms with Gasteiger partial charge in [0.1, 0.15) is 0 Å². The van der Waals surface area contributed by atoms with Crippen LogP contribution in [0.4, 0.5) is 5.69 Å². The summed E-state index contributed by atoms with van der Waals surface area (Å²) < 4.78 is 0. The first-order valence-electron chi connectivity index (χ1n) is 13.9. The number of aliphatic hydroxyl groups excluding tert-OH is 1. The fourth-order valence-corrected chi connectivity index (χ4v) is 8.03. The lowest BCUT2D eigenvalue weighted by molar-refractivity contribution is -0.385. The molecule has 4 nitrogen and oxygen atoms in total. The Bertz CT molecular complexity index is 1810. The maximum Gasteiger partial charge on any atom is 0.269 e. The molecule has 2 unspecified atom stereocenters. The number of nitrogens with zero attached hydrogens (tertiary/aromatic N) is 1. The summed E-state index contributed by atoms with van der Waals surface area (Å²) in [6, 6.07) is 31.8. The van der Waals surface area contributed by atoms with E-state index in [1.54, 1.807) is 34.8 Å². The maximum atomic E-state index is 11.6. The van der Waals surface area contributed by atoms with Crippen molar-refractivity contribution in [3.63, 3.8) is 0 Å². The van der Waals surface area contributed by atoms with E-state index in [0.29, 0.717) is 18.4 Å². The molecule has 0 saturated heterocycles. The number of hydrogen-bond donors (Lipinski definition) is 1. The Hall–Kier alpha value is -4.10. The molecule has 3 aromatic carbocycles. The van der Waals surface area contributed by atoms with Gasteiger partial charge in [-0.2, -0.15) is 0 Å². The van der Waals surface area contributed by atoms with Gasteiger partial charge in [-0.05, 0) is 77.8 Å². The summed E-state index contributed by atoms with van der Waals surface area (Å²) in [5.74, 6) is -0.266. The van der Waals surface area contributed by atoms with Gasteiger partial charge < -0.3 is 5.11 Å². The molecule has 0 fully saturated rings. The molecule has 1 aliphatic rings. The Morgan fingerprint density at radius 2 is 1.36 bits per heavy atom. The van der Waals surface area contributed by atoms with E-state index < -0.39 is 11.0 Å². The second-order valence-electron chi connectivity index (χ2n) is 10.8. The normalized spacial score (nSPS) is 16.1. The number of nitro benzene ring substituents is 1. The highest BCUT2D eigenvalue weighted by atomic mass is 32.1. The Balaban J connectivity index is 1.47. The molecule has 6 rings (SSSR count). The van der Waals surface area contributed by atoms with Gasteiger partial charge in [0.05, 0.1) is 11.0 Å². The van der Waals surface area contributed by atoms with Crippen molar-refractivity contribution in [1.29, 1.82) is 0 Å². The molecule has 0 aliphatic heterocycles. The van der Waals surface area contributed by atoms with Crippen LogP contribution in [0, 0.1) is 29.9 Å². The summed E-state index contributed by atoms with van der Waals surface area (Å²) in [4.78, 5) is 16.0. The van der Waals surface area contributed by atoms with Gasteiger partial charge in [-0.1, -0.05) is 84.9 Å². The van der Waals surface area contributed by atoms with Crippen LogP contribution in [0.3, 0.4) is 0 Å². The summed E-state index contributed by atoms with van der Waals surface area (Å²) in [7, 11) is 0. The van der Waals surface area contributed by atoms with E-state index in [4.69, 9.17) is 0 Å². The number of benzene rings is 3. The first kappa shape index (κ1) is 28.0. The monoisotopic (exact) mass is 589 g/mol.